The first kappa shape index (κ1) is 26.8. The van der Waals surface area contributed by atoms with Gasteiger partial charge < -0.3 is 0 Å². The zero-order chi connectivity index (χ0) is 28.5. The van der Waals surface area contributed by atoms with Gasteiger partial charge in [0.05, 0.1) is 0 Å². The number of rotatable bonds is 3. The highest BCUT2D eigenvalue weighted by molar-refractivity contribution is 6.11. The van der Waals surface area contributed by atoms with Crippen molar-refractivity contribution in [3.8, 4) is 33.4 Å². The summed E-state index contributed by atoms with van der Waals surface area (Å²) >= 11 is 0. The van der Waals surface area contributed by atoms with Crippen LogP contribution in [0.15, 0.2) is 109 Å². The molecule has 0 atom stereocenters. The van der Waals surface area contributed by atoms with E-state index in [0.29, 0.717) is 0 Å². The van der Waals surface area contributed by atoms with E-state index in [-0.39, 0.29) is 0 Å². The largest absolute Gasteiger partial charge is 0.0836 e. The molecule has 0 N–H and O–H groups in total. The maximum absolute atomic E-state index is 2.42. The number of hydrogen-bond donors (Lipinski definition) is 0. The van der Waals surface area contributed by atoms with Crippen molar-refractivity contribution in [1.29, 1.82) is 0 Å². The normalized spacial score (nSPS) is 12.2. The van der Waals surface area contributed by atoms with Gasteiger partial charge in [0.25, 0.3) is 0 Å². The lowest BCUT2D eigenvalue weighted by molar-refractivity contribution is 0.991. The van der Waals surface area contributed by atoms with Crippen LogP contribution in [0.4, 0.5) is 0 Å². The molecule has 0 spiro atoms. The summed E-state index contributed by atoms with van der Waals surface area (Å²) in [4.78, 5) is 0. The van der Waals surface area contributed by atoms with Gasteiger partial charge in [-0.1, -0.05) is 123 Å². The summed E-state index contributed by atoms with van der Waals surface area (Å²) in [5, 5.41) is 5.23. The van der Waals surface area contributed by atoms with E-state index in [0.717, 1.165) is 12.8 Å². The van der Waals surface area contributed by atoms with Crippen LogP contribution in [0.5, 0.6) is 0 Å². The van der Waals surface area contributed by atoms with Gasteiger partial charge in [0.15, 0.2) is 0 Å². The second-order valence-corrected chi connectivity index (χ2v) is 11.0. The molecule has 1 aliphatic rings. The monoisotopic (exact) mass is 530 g/mol. The lowest BCUT2D eigenvalue weighted by Gasteiger charge is -2.24. The predicted molar refractivity (Wildman–Crippen MR) is 181 cm³/mol. The van der Waals surface area contributed by atoms with Crippen molar-refractivity contribution in [1.82, 2.24) is 0 Å². The van der Waals surface area contributed by atoms with E-state index in [9.17, 15) is 0 Å². The van der Waals surface area contributed by atoms with Crippen LogP contribution in [0.2, 0.25) is 0 Å². The highest BCUT2D eigenvalue weighted by atomic mass is 14.3. The van der Waals surface area contributed by atoms with Crippen LogP contribution in [0.3, 0.4) is 0 Å². The quantitative estimate of drug-likeness (QED) is 0.213. The van der Waals surface area contributed by atoms with Gasteiger partial charge in [-0.15, -0.1) is 0 Å². The van der Waals surface area contributed by atoms with E-state index in [1.54, 1.807) is 0 Å². The minimum absolute atomic E-state index is 1.05. The summed E-state index contributed by atoms with van der Waals surface area (Å²) in [5.41, 5.74) is 14.8. The van der Waals surface area contributed by atoms with Crippen LogP contribution < -0.4 is 0 Å². The third kappa shape index (κ3) is 4.78. The summed E-state index contributed by atoms with van der Waals surface area (Å²) in [7, 11) is 0. The molecule has 0 aromatic heterocycles. The number of benzene rings is 6. The van der Waals surface area contributed by atoms with Crippen molar-refractivity contribution in [3.05, 3.63) is 137 Å². The van der Waals surface area contributed by atoms with Gasteiger partial charge >= 0.3 is 0 Å². The molecule has 1 aliphatic carbocycles. The second-order valence-electron chi connectivity index (χ2n) is 11.0. The Labute approximate surface area is 245 Å². The SMILES string of the molecule is CC.Cc1cc(C)c(-c2cccc(-c3c4c(c(-c5ccc6ccccc6c5)c5ccccc35)C=CCC4)c2)c(C)c1. The van der Waals surface area contributed by atoms with Crippen LogP contribution in [0.25, 0.3) is 61.0 Å². The fourth-order valence-electron chi connectivity index (χ4n) is 6.84. The zero-order valence-corrected chi connectivity index (χ0v) is 24.9. The van der Waals surface area contributed by atoms with Crippen molar-refractivity contribution in [2.75, 3.05) is 0 Å². The van der Waals surface area contributed by atoms with Crippen molar-refractivity contribution in [3.63, 3.8) is 0 Å². The van der Waals surface area contributed by atoms with Crippen LogP contribution in [0.1, 0.15) is 48.1 Å². The molecule has 0 amide bonds. The molecule has 0 heterocycles. The highest BCUT2D eigenvalue weighted by Crippen LogP contribution is 2.45. The molecule has 202 valence electrons. The Morgan fingerprint density at radius 2 is 1.12 bits per heavy atom. The topological polar surface area (TPSA) is 0 Å². The fourth-order valence-corrected chi connectivity index (χ4v) is 6.84. The van der Waals surface area contributed by atoms with E-state index < -0.39 is 0 Å². The van der Waals surface area contributed by atoms with Crippen LogP contribution in [-0.2, 0) is 6.42 Å². The van der Waals surface area contributed by atoms with Crippen molar-refractivity contribution >= 4 is 27.6 Å². The molecule has 0 aliphatic heterocycles. The Hall–Kier alpha value is -4.42. The molecule has 0 saturated carbocycles. The standard InChI is InChI=1S/C39H32.C2H6/c1-25-21-26(2)37(27(3)22-25)30-13-10-14-31(24-30)38-33-15-6-8-17-35(33)39(36-18-9-7-16-34(36)38)32-20-19-28-11-4-5-12-29(28)23-32;1-2/h4-6,8-15,17-24H,7,16H2,1-3H3;1-2H3. The molecule has 7 rings (SSSR count). The Kier molecular flexibility index (Phi) is 7.33. The summed E-state index contributed by atoms with van der Waals surface area (Å²) in [5.74, 6) is 0. The third-order valence-corrected chi connectivity index (χ3v) is 8.36. The summed E-state index contributed by atoms with van der Waals surface area (Å²) in [6.45, 7) is 10.7. The fraction of sp³-hybridized carbons (Fsp3) is 0.171. The van der Waals surface area contributed by atoms with Crippen LogP contribution in [-0.4, -0.2) is 0 Å². The van der Waals surface area contributed by atoms with Gasteiger partial charge in [-0.25, -0.2) is 0 Å². The molecule has 0 unspecified atom stereocenters. The maximum atomic E-state index is 2.42. The molecule has 0 fully saturated rings. The van der Waals surface area contributed by atoms with Gasteiger partial charge in [-0.05, 0) is 123 Å². The molecule has 0 heteroatoms. The summed E-state index contributed by atoms with van der Waals surface area (Å²) < 4.78 is 0. The Morgan fingerprint density at radius 1 is 0.512 bits per heavy atom. The number of aryl methyl sites for hydroxylation is 3. The third-order valence-electron chi connectivity index (χ3n) is 8.36. The van der Waals surface area contributed by atoms with Crippen molar-refractivity contribution < 1.29 is 0 Å². The molecular weight excluding hydrogens is 492 g/mol. The van der Waals surface area contributed by atoms with Gasteiger partial charge in [-0.3, -0.25) is 0 Å². The first-order valence-corrected chi connectivity index (χ1v) is 15.0. The van der Waals surface area contributed by atoms with Crippen LogP contribution >= 0.6 is 0 Å². The maximum Gasteiger partial charge on any atom is -0.00295 e. The first-order valence-electron chi connectivity index (χ1n) is 15.0. The van der Waals surface area contributed by atoms with E-state index in [1.807, 2.05) is 13.8 Å². The smallest absolute Gasteiger partial charge is 0.00295 e. The molecule has 41 heavy (non-hydrogen) atoms. The minimum Gasteiger partial charge on any atom is -0.0836 e. The molecule has 0 radical (unpaired) electrons. The number of allylic oxidation sites excluding steroid dienone is 1. The van der Waals surface area contributed by atoms with Gasteiger partial charge in [0, 0.05) is 0 Å². The van der Waals surface area contributed by atoms with Crippen LogP contribution in [0, 0.1) is 20.8 Å². The lowest BCUT2D eigenvalue weighted by Crippen LogP contribution is -2.02. The molecular formula is C41H38. The van der Waals surface area contributed by atoms with E-state index in [2.05, 4.69) is 136 Å². The Bertz CT molecular complexity index is 1910. The Balaban J connectivity index is 0.00000148. The Morgan fingerprint density at radius 3 is 1.85 bits per heavy atom. The van der Waals surface area contributed by atoms with Gasteiger partial charge in [0.1, 0.15) is 0 Å². The molecule has 0 bridgehead atoms. The highest BCUT2D eigenvalue weighted by Gasteiger charge is 2.22. The molecule has 0 nitrogen and oxygen atoms in total. The average molecular weight is 531 g/mol. The summed E-state index contributed by atoms with van der Waals surface area (Å²) in [6.07, 6.45) is 6.85. The number of fused-ring (bicyclic) bond motifs is 3. The zero-order valence-electron chi connectivity index (χ0n) is 24.9. The van der Waals surface area contributed by atoms with Gasteiger partial charge in [-0.2, -0.15) is 0 Å². The molecule has 0 saturated heterocycles. The van der Waals surface area contributed by atoms with Gasteiger partial charge in [0.2, 0.25) is 0 Å². The molecule has 6 aromatic rings. The van der Waals surface area contributed by atoms with E-state index in [1.165, 1.54) is 82.7 Å². The van der Waals surface area contributed by atoms with E-state index in [4.69, 9.17) is 0 Å². The second kappa shape index (κ2) is 11.2. The summed E-state index contributed by atoms with van der Waals surface area (Å²) in [6, 6.07) is 38.4. The minimum atomic E-state index is 1.05. The van der Waals surface area contributed by atoms with Crippen molar-refractivity contribution in [2.24, 2.45) is 0 Å². The molecule has 6 aromatic carbocycles. The lowest BCUT2D eigenvalue weighted by atomic mass is 9.79. The predicted octanol–water partition coefficient (Wildman–Crippen LogP) is 11.9. The average Bonchev–Trinajstić information content (AvgIpc) is 3.00. The first-order chi connectivity index (χ1) is 20.1. The van der Waals surface area contributed by atoms with E-state index >= 15 is 0 Å². The van der Waals surface area contributed by atoms with Crippen molar-refractivity contribution in [2.45, 2.75) is 47.5 Å². The number of hydrogen-bond acceptors (Lipinski definition) is 0.